The van der Waals surface area contributed by atoms with E-state index in [0.29, 0.717) is 3.57 Å². The van der Waals surface area contributed by atoms with Gasteiger partial charge in [0, 0.05) is 0 Å². The highest BCUT2D eigenvalue weighted by atomic mass is 127. The lowest BCUT2D eigenvalue weighted by atomic mass is 10.2. The van der Waals surface area contributed by atoms with Crippen molar-refractivity contribution >= 4 is 22.6 Å². The minimum Gasteiger partial charge on any atom is -0.434 e. The van der Waals surface area contributed by atoms with Crippen molar-refractivity contribution in [2.75, 3.05) is 0 Å². The van der Waals surface area contributed by atoms with E-state index in [1.54, 1.807) is 18.2 Å². The van der Waals surface area contributed by atoms with Crippen molar-refractivity contribution in [3.8, 4) is 5.75 Å². The molecule has 0 heterocycles. The summed E-state index contributed by atoms with van der Waals surface area (Å²) in [6.07, 6.45) is 0. The van der Waals surface area contributed by atoms with Crippen molar-refractivity contribution in [1.29, 1.82) is 0 Å². The van der Waals surface area contributed by atoms with Gasteiger partial charge in [-0.2, -0.15) is 8.78 Å². The first kappa shape index (κ1) is 9.70. The van der Waals surface area contributed by atoms with E-state index in [4.69, 9.17) is 0 Å². The number of benzene rings is 1. The maximum Gasteiger partial charge on any atom is 0.387 e. The molecule has 1 rings (SSSR count). The Morgan fingerprint density at radius 3 is 2.58 bits per heavy atom. The molecule has 0 aliphatic carbocycles. The fourth-order valence-electron chi connectivity index (χ4n) is 0.797. The maximum atomic E-state index is 11.8. The van der Waals surface area contributed by atoms with Gasteiger partial charge < -0.3 is 4.74 Å². The first-order valence-electron chi connectivity index (χ1n) is 3.30. The van der Waals surface area contributed by atoms with Crippen LogP contribution in [0.4, 0.5) is 8.78 Å². The summed E-state index contributed by atoms with van der Waals surface area (Å²) < 4.78 is 28.5. The van der Waals surface area contributed by atoms with Gasteiger partial charge in [-0.05, 0) is 47.2 Å². The molecule has 1 aromatic carbocycles. The molecule has 0 fully saturated rings. The molecule has 4 heteroatoms. The quantitative estimate of drug-likeness (QED) is 0.758. The molecule has 12 heavy (non-hydrogen) atoms. The summed E-state index contributed by atoms with van der Waals surface area (Å²) >= 11 is 1.96. The highest BCUT2D eigenvalue weighted by Crippen LogP contribution is 2.23. The molecule has 0 saturated carbocycles. The Kier molecular flexibility index (Phi) is 3.25. The third-order valence-electron chi connectivity index (χ3n) is 1.30. The molecule has 0 radical (unpaired) electrons. The number of rotatable bonds is 2. The number of hydrogen-bond donors (Lipinski definition) is 0. The topological polar surface area (TPSA) is 9.23 Å². The lowest BCUT2D eigenvalue weighted by Gasteiger charge is -2.06. The van der Waals surface area contributed by atoms with E-state index in [1.165, 1.54) is 0 Å². The van der Waals surface area contributed by atoms with Gasteiger partial charge in [-0.25, -0.2) is 0 Å². The van der Waals surface area contributed by atoms with E-state index in [0.717, 1.165) is 5.56 Å². The second kappa shape index (κ2) is 4.02. The minimum absolute atomic E-state index is 0.233. The molecule has 0 aromatic heterocycles. The summed E-state index contributed by atoms with van der Waals surface area (Å²) in [5, 5.41) is 0. The fraction of sp³-hybridized carbons (Fsp3) is 0.250. The molecule has 1 nitrogen and oxygen atoms in total. The zero-order chi connectivity index (χ0) is 9.14. The zero-order valence-electron chi connectivity index (χ0n) is 6.35. The lowest BCUT2D eigenvalue weighted by Crippen LogP contribution is -2.03. The summed E-state index contributed by atoms with van der Waals surface area (Å²) in [5.41, 5.74) is 1.03. The molecular formula is C8H7F2IO. The average molecular weight is 284 g/mol. The molecule has 66 valence electrons. The van der Waals surface area contributed by atoms with Crippen molar-refractivity contribution in [2.45, 2.75) is 13.5 Å². The van der Waals surface area contributed by atoms with Crippen LogP contribution >= 0.6 is 22.6 Å². The Morgan fingerprint density at radius 1 is 1.42 bits per heavy atom. The Labute approximate surface area is 82.9 Å². The maximum absolute atomic E-state index is 11.8. The van der Waals surface area contributed by atoms with Crippen molar-refractivity contribution in [2.24, 2.45) is 0 Å². The summed E-state index contributed by atoms with van der Waals surface area (Å²) in [5.74, 6) is 0.233. The lowest BCUT2D eigenvalue weighted by molar-refractivity contribution is -0.0504. The summed E-state index contributed by atoms with van der Waals surface area (Å²) in [6, 6.07) is 5.07. The monoisotopic (exact) mass is 284 g/mol. The SMILES string of the molecule is Cc1ccc(OC(F)F)c(I)c1. The van der Waals surface area contributed by atoms with Crippen LogP contribution in [0.15, 0.2) is 18.2 Å². The predicted molar refractivity (Wildman–Crippen MR) is 50.5 cm³/mol. The van der Waals surface area contributed by atoms with Crippen molar-refractivity contribution in [3.05, 3.63) is 27.3 Å². The van der Waals surface area contributed by atoms with Crippen LogP contribution in [0.5, 0.6) is 5.75 Å². The van der Waals surface area contributed by atoms with Crippen LogP contribution in [0.3, 0.4) is 0 Å². The number of halogens is 3. The van der Waals surface area contributed by atoms with Gasteiger partial charge in [0.25, 0.3) is 0 Å². The van der Waals surface area contributed by atoms with Crippen LogP contribution in [0.2, 0.25) is 0 Å². The van der Waals surface area contributed by atoms with E-state index in [-0.39, 0.29) is 5.75 Å². The van der Waals surface area contributed by atoms with Gasteiger partial charge >= 0.3 is 6.61 Å². The molecule has 0 spiro atoms. The van der Waals surface area contributed by atoms with Crippen molar-refractivity contribution < 1.29 is 13.5 Å². The minimum atomic E-state index is -2.75. The normalized spacial score (nSPS) is 10.4. The van der Waals surface area contributed by atoms with Crippen LogP contribution in [-0.2, 0) is 0 Å². The Hall–Kier alpha value is -0.390. The molecule has 0 atom stereocenters. The van der Waals surface area contributed by atoms with Crippen LogP contribution in [-0.4, -0.2) is 6.61 Å². The fourth-order valence-corrected chi connectivity index (χ4v) is 1.60. The average Bonchev–Trinajstić information content (AvgIpc) is 1.94. The van der Waals surface area contributed by atoms with Gasteiger partial charge in [0.05, 0.1) is 3.57 Å². The molecule has 0 aliphatic rings. The molecule has 0 unspecified atom stereocenters. The number of ether oxygens (including phenoxy) is 1. The van der Waals surface area contributed by atoms with E-state index >= 15 is 0 Å². The van der Waals surface area contributed by atoms with Gasteiger partial charge in [0.2, 0.25) is 0 Å². The van der Waals surface area contributed by atoms with Crippen molar-refractivity contribution in [1.82, 2.24) is 0 Å². The third kappa shape index (κ3) is 2.58. The number of alkyl halides is 2. The van der Waals surface area contributed by atoms with Crippen LogP contribution in [0.25, 0.3) is 0 Å². The molecule has 0 bridgehead atoms. The highest BCUT2D eigenvalue weighted by molar-refractivity contribution is 14.1. The van der Waals surface area contributed by atoms with Crippen LogP contribution < -0.4 is 4.74 Å². The molecular weight excluding hydrogens is 277 g/mol. The number of hydrogen-bond acceptors (Lipinski definition) is 1. The van der Waals surface area contributed by atoms with Gasteiger partial charge in [-0.3, -0.25) is 0 Å². The zero-order valence-corrected chi connectivity index (χ0v) is 8.51. The second-order valence-corrected chi connectivity index (χ2v) is 3.47. The Bertz CT molecular complexity index is 276. The summed E-state index contributed by atoms with van der Waals surface area (Å²) in [4.78, 5) is 0. The Morgan fingerprint density at radius 2 is 2.08 bits per heavy atom. The molecule has 0 amide bonds. The summed E-state index contributed by atoms with van der Waals surface area (Å²) in [7, 11) is 0. The van der Waals surface area contributed by atoms with Crippen LogP contribution in [0.1, 0.15) is 5.56 Å². The molecule has 0 N–H and O–H groups in total. The highest BCUT2D eigenvalue weighted by Gasteiger charge is 2.06. The molecule has 1 aromatic rings. The Balaban J connectivity index is 2.86. The largest absolute Gasteiger partial charge is 0.434 e. The van der Waals surface area contributed by atoms with E-state index in [9.17, 15) is 8.78 Å². The van der Waals surface area contributed by atoms with Crippen LogP contribution in [0, 0.1) is 10.5 Å². The van der Waals surface area contributed by atoms with Gasteiger partial charge in [0.15, 0.2) is 0 Å². The first-order valence-corrected chi connectivity index (χ1v) is 4.38. The van der Waals surface area contributed by atoms with E-state index in [1.807, 2.05) is 29.5 Å². The van der Waals surface area contributed by atoms with Gasteiger partial charge in [0.1, 0.15) is 5.75 Å². The second-order valence-electron chi connectivity index (χ2n) is 2.31. The van der Waals surface area contributed by atoms with E-state index in [2.05, 4.69) is 4.74 Å². The summed E-state index contributed by atoms with van der Waals surface area (Å²) in [6.45, 7) is -0.852. The van der Waals surface area contributed by atoms with Gasteiger partial charge in [-0.15, -0.1) is 0 Å². The molecule has 0 saturated heterocycles. The predicted octanol–water partition coefficient (Wildman–Crippen LogP) is 3.20. The third-order valence-corrected chi connectivity index (χ3v) is 2.15. The van der Waals surface area contributed by atoms with E-state index < -0.39 is 6.61 Å². The first-order chi connectivity index (χ1) is 5.59. The number of aryl methyl sites for hydroxylation is 1. The van der Waals surface area contributed by atoms with Gasteiger partial charge in [-0.1, -0.05) is 6.07 Å². The standard InChI is InChI=1S/C8H7F2IO/c1-5-2-3-7(6(11)4-5)12-8(9)10/h2-4,8H,1H3. The smallest absolute Gasteiger partial charge is 0.387 e. The van der Waals surface area contributed by atoms with Crippen molar-refractivity contribution in [3.63, 3.8) is 0 Å². The molecule has 0 aliphatic heterocycles.